The normalized spacial score (nSPS) is 12.8. The van der Waals surface area contributed by atoms with E-state index in [4.69, 9.17) is 0 Å². The molecule has 0 fully saturated rings. The van der Waals surface area contributed by atoms with Crippen molar-refractivity contribution in [3.05, 3.63) is 23.9 Å². The van der Waals surface area contributed by atoms with Crippen LogP contribution >= 0.6 is 0 Å². The summed E-state index contributed by atoms with van der Waals surface area (Å²) in [5.41, 5.74) is -0.344. The smallest absolute Gasteiger partial charge is 0.198 e. The quantitative estimate of drug-likeness (QED) is 0.837. The fourth-order valence-electron chi connectivity index (χ4n) is 1.18. The van der Waals surface area contributed by atoms with Crippen LogP contribution in [0.5, 0.6) is 0 Å². The van der Waals surface area contributed by atoms with Gasteiger partial charge in [-0.1, -0.05) is 6.07 Å². The van der Waals surface area contributed by atoms with Crippen molar-refractivity contribution < 1.29 is 13.5 Å². The summed E-state index contributed by atoms with van der Waals surface area (Å²) in [5, 5.41) is 9.47. The Labute approximate surface area is 89.9 Å². The second-order valence-corrected chi connectivity index (χ2v) is 6.18. The highest BCUT2D eigenvalue weighted by Gasteiger charge is 2.25. The molecule has 15 heavy (non-hydrogen) atoms. The van der Waals surface area contributed by atoms with E-state index in [1.165, 1.54) is 26.1 Å². The molecular weight excluding hydrogens is 214 g/mol. The highest BCUT2D eigenvalue weighted by molar-refractivity contribution is 7.91. The molecule has 5 heteroatoms. The van der Waals surface area contributed by atoms with Gasteiger partial charge in [-0.3, -0.25) is 0 Å². The van der Waals surface area contributed by atoms with Crippen molar-refractivity contribution in [3.63, 3.8) is 0 Å². The zero-order valence-electron chi connectivity index (χ0n) is 9.06. The molecule has 1 N–H and O–H groups in total. The molecule has 84 valence electrons. The van der Waals surface area contributed by atoms with E-state index >= 15 is 0 Å². The summed E-state index contributed by atoms with van der Waals surface area (Å²) < 4.78 is 23.5. The molecular formula is C10H15NO3S. The molecule has 1 rings (SSSR count). The largest absolute Gasteiger partial charge is 0.389 e. The van der Waals surface area contributed by atoms with E-state index in [2.05, 4.69) is 4.98 Å². The summed E-state index contributed by atoms with van der Waals surface area (Å²) in [6, 6.07) is 3.14. The zero-order chi connectivity index (χ0) is 11.7. The van der Waals surface area contributed by atoms with Crippen molar-refractivity contribution in [1.29, 1.82) is 0 Å². The van der Waals surface area contributed by atoms with Crippen LogP contribution in [-0.4, -0.2) is 29.9 Å². The molecule has 0 amide bonds. The number of aryl methyl sites for hydroxylation is 1. The molecule has 1 aromatic heterocycles. The van der Waals surface area contributed by atoms with Crippen LogP contribution in [0.25, 0.3) is 0 Å². The molecule has 1 aromatic rings. The topological polar surface area (TPSA) is 67.3 Å². The maximum absolute atomic E-state index is 11.7. The highest BCUT2D eigenvalue weighted by atomic mass is 32.2. The molecule has 0 aliphatic heterocycles. The van der Waals surface area contributed by atoms with Gasteiger partial charge in [-0.05, 0) is 32.4 Å². The van der Waals surface area contributed by atoms with Gasteiger partial charge in [0.15, 0.2) is 14.9 Å². The molecule has 0 radical (unpaired) electrons. The van der Waals surface area contributed by atoms with E-state index in [1.54, 1.807) is 6.07 Å². The number of hydrogen-bond acceptors (Lipinski definition) is 4. The van der Waals surface area contributed by atoms with Gasteiger partial charge < -0.3 is 5.11 Å². The van der Waals surface area contributed by atoms with Crippen LogP contribution < -0.4 is 0 Å². The molecule has 0 aromatic carbocycles. The average Bonchev–Trinajstić information content (AvgIpc) is 2.00. The lowest BCUT2D eigenvalue weighted by atomic mass is 10.2. The van der Waals surface area contributed by atoms with Crippen LogP contribution in [0.4, 0.5) is 0 Å². The Bertz CT molecular complexity index is 429. The number of nitrogens with zero attached hydrogens (tertiary/aromatic N) is 1. The van der Waals surface area contributed by atoms with Gasteiger partial charge >= 0.3 is 0 Å². The Morgan fingerprint density at radius 1 is 1.40 bits per heavy atom. The summed E-state index contributed by atoms with van der Waals surface area (Å²) in [6.07, 6.45) is 1.50. The van der Waals surface area contributed by atoms with E-state index < -0.39 is 15.4 Å². The van der Waals surface area contributed by atoms with E-state index in [0.717, 1.165) is 5.56 Å². The van der Waals surface area contributed by atoms with Crippen molar-refractivity contribution in [2.24, 2.45) is 0 Å². The molecule has 0 bridgehead atoms. The lowest BCUT2D eigenvalue weighted by Gasteiger charge is -2.16. The Morgan fingerprint density at radius 2 is 2.00 bits per heavy atom. The molecule has 0 aliphatic carbocycles. The van der Waals surface area contributed by atoms with Crippen molar-refractivity contribution >= 4 is 9.84 Å². The second kappa shape index (κ2) is 3.90. The van der Waals surface area contributed by atoms with Crippen molar-refractivity contribution in [1.82, 2.24) is 4.98 Å². The van der Waals surface area contributed by atoms with Gasteiger partial charge in [0.1, 0.15) is 0 Å². The fraction of sp³-hybridized carbons (Fsp3) is 0.500. The number of sulfone groups is 1. The van der Waals surface area contributed by atoms with Gasteiger partial charge in [0.2, 0.25) is 0 Å². The molecule has 0 unspecified atom stereocenters. The molecule has 0 saturated heterocycles. The van der Waals surface area contributed by atoms with Gasteiger partial charge in [0.25, 0.3) is 0 Å². The number of pyridine rings is 1. The lowest BCUT2D eigenvalue weighted by molar-refractivity contribution is 0.105. The number of aromatic nitrogens is 1. The zero-order valence-corrected chi connectivity index (χ0v) is 9.87. The molecule has 0 aliphatic rings. The van der Waals surface area contributed by atoms with Crippen LogP contribution in [-0.2, 0) is 9.84 Å². The fourth-order valence-corrected chi connectivity index (χ4v) is 2.74. The van der Waals surface area contributed by atoms with Crippen molar-refractivity contribution in [3.8, 4) is 0 Å². The summed E-state index contributed by atoms with van der Waals surface area (Å²) in [7, 11) is -3.50. The van der Waals surface area contributed by atoms with E-state index in [-0.39, 0.29) is 10.8 Å². The Morgan fingerprint density at radius 3 is 2.40 bits per heavy atom. The summed E-state index contributed by atoms with van der Waals surface area (Å²) >= 11 is 0. The standard InChI is InChI=1S/C10H15NO3S/c1-8-4-5-9(11-6-8)15(13,14)7-10(2,3)12/h4-6,12H,7H2,1-3H3. The van der Waals surface area contributed by atoms with Crippen molar-refractivity contribution in [2.45, 2.75) is 31.4 Å². The maximum Gasteiger partial charge on any atom is 0.198 e. The predicted molar refractivity (Wildman–Crippen MR) is 57.3 cm³/mol. The van der Waals surface area contributed by atoms with Gasteiger partial charge in [-0.25, -0.2) is 13.4 Å². The molecule has 1 heterocycles. The molecule has 0 spiro atoms. The van der Waals surface area contributed by atoms with E-state index in [1.807, 2.05) is 6.92 Å². The van der Waals surface area contributed by atoms with Crippen LogP contribution in [0.15, 0.2) is 23.4 Å². The second-order valence-electron chi connectivity index (χ2n) is 4.25. The minimum atomic E-state index is -3.50. The third-order valence-corrected chi connectivity index (χ3v) is 3.71. The van der Waals surface area contributed by atoms with Crippen LogP contribution in [0.3, 0.4) is 0 Å². The number of rotatable bonds is 3. The third-order valence-electron chi connectivity index (χ3n) is 1.75. The van der Waals surface area contributed by atoms with E-state index in [0.29, 0.717) is 0 Å². The van der Waals surface area contributed by atoms with Gasteiger partial charge in [0, 0.05) is 6.20 Å². The summed E-state index contributed by atoms with van der Waals surface area (Å²) in [4.78, 5) is 3.84. The highest BCUT2D eigenvalue weighted by Crippen LogP contribution is 2.14. The van der Waals surface area contributed by atoms with Gasteiger partial charge in [-0.2, -0.15) is 0 Å². The minimum Gasteiger partial charge on any atom is -0.389 e. The SMILES string of the molecule is Cc1ccc(S(=O)(=O)CC(C)(C)O)nc1. The van der Waals surface area contributed by atoms with E-state index in [9.17, 15) is 13.5 Å². The van der Waals surface area contributed by atoms with Crippen LogP contribution in [0.2, 0.25) is 0 Å². The Balaban J connectivity index is 3.02. The lowest BCUT2D eigenvalue weighted by Crippen LogP contribution is -2.30. The Kier molecular flexibility index (Phi) is 3.16. The first-order chi connectivity index (χ1) is 6.71. The predicted octanol–water partition coefficient (Wildman–Crippen LogP) is 0.935. The number of hydrogen-bond donors (Lipinski definition) is 1. The first-order valence-corrected chi connectivity index (χ1v) is 6.24. The van der Waals surface area contributed by atoms with Gasteiger partial charge in [0.05, 0.1) is 11.4 Å². The van der Waals surface area contributed by atoms with Crippen LogP contribution in [0, 0.1) is 6.92 Å². The minimum absolute atomic E-state index is 0.00947. The van der Waals surface area contributed by atoms with Crippen molar-refractivity contribution in [2.75, 3.05) is 5.75 Å². The first-order valence-electron chi connectivity index (χ1n) is 4.58. The molecule has 0 saturated carbocycles. The molecule has 0 atom stereocenters. The molecule has 4 nitrogen and oxygen atoms in total. The maximum atomic E-state index is 11.7. The number of aliphatic hydroxyl groups is 1. The monoisotopic (exact) mass is 229 g/mol. The first kappa shape index (κ1) is 12.1. The third kappa shape index (κ3) is 3.60. The Hall–Kier alpha value is -0.940. The summed E-state index contributed by atoms with van der Waals surface area (Å²) in [6.45, 7) is 4.75. The van der Waals surface area contributed by atoms with Gasteiger partial charge in [-0.15, -0.1) is 0 Å². The average molecular weight is 229 g/mol. The summed E-state index contributed by atoms with van der Waals surface area (Å²) in [5.74, 6) is -0.323. The van der Waals surface area contributed by atoms with Crippen LogP contribution in [0.1, 0.15) is 19.4 Å².